The van der Waals surface area contributed by atoms with Crippen LogP contribution in [-0.2, 0) is 9.78 Å². The van der Waals surface area contributed by atoms with Gasteiger partial charge in [-0.15, -0.1) is 0 Å². The van der Waals surface area contributed by atoms with E-state index in [-0.39, 0.29) is 5.41 Å². The number of benzene rings is 1. The largest absolute Gasteiger partial charge is 0.373 e. The first-order chi connectivity index (χ1) is 7.40. The van der Waals surface area contributed by atoms with E-state index in [1.807, 2.05) is 39.8 Å². The lowest BCUT2D eigenvalue weighted by molar-refractivity contribution is -0.255. The van der Waals surface area contributed by atoms with Gasteiger partial charge in [-0.05, 0) is 24.0 Å². The van der Waals surface area contributed by atoms with Gasteiger partial charge in [0.2, 0.25) is 0 Å². The number of carbonyl (C=O) groups excluding carboxylic acids is 1. The van der Waals surface area contributed by atoms with Crippen LogP contribution in [0.25, 0.3) is 0 Å². The molecule has 0 saturated heterocycles. The van der Waals surface area contributed by atoms with Gasteiger partial charge in [-0.2, -0.15) is 4.89 Å². The minimum atomic E-state index is -0.442. The zero-order valence-corrected chi connectivity index (χ0v) is 10.2. The molecule has 0 aromatic heterocycles. The quantitative estimate of drug-likeness (QED) is 0.582. The van der Waals surface area contributed by atoms with Crippen LogP contribution in [0.1, 0.15) is 36.7 Å². The van der Waals surface area contributed by atoms with Gasteiger partial charge in [0.15, 0.2) is 0 Å². The summed E-state index contributed by atoms with van der Waals surface area (Å²) >= 11 is 0. The van der Waals surface area contributed by atoms with Gasteiger partial charge < -0.3 is 0 Å². The van der Waals surface area contributed by atoms with Crippen LogP contribution < -0.4 is 0 Å². The summed E-state index contributed by atoms with van der Waals surface area (Å²) < 4.78 is 0. The van der Waals surface area contributed by atoms with Crippen molar-refractivity contribution in [3.63, 3.8) is 0 Å². The Morgan fingerprint density at radius 1 is 1.25 bits per heavy atom. The van der Waals surface area contributed by atoms with E-state index in [0.717, 1.165) is 5.56 Å². The number of hydrogen-bond acceptors (Lipinski definition) is 3. The molecule has 0 bridgehead atoms. The van der Waals surface area contributed by atoms with Crippen molar-refractivity contribution < 1.29 is 14.6 Å². The molecule has 1 rings (SSSR count). The normalized spacial score (nSPS) is 11.2. The third-order valence-corrected chi connectivity index (χ3v) is 1.99. The molecule has 0 N–H and O–H groups in total. The first kappa shape index (κ1) is 12.7. The lowest BCUT2D eigenvalue weighted by Gasteiger charge is -2.16. The molecule has 0 atom stereocenters. The first-order valence-electron chi connectivity index (χ1n) is 5.29. The number of aryl methyl sites for hydroxylation is 1. The SMILES string of the molecule is Cc1ccccc1C(=O)OOCC(C)(C)C. The maximum Gasteiger partial charge on any atom is 0.373 e. The second kappa shape index (κ2) is 5.12. The highest BCUT2D eigenvalue weighted by Gasteiger charge is 2.15. The van der Waals surface area contributed by atoms with E-state index in [4.69, 9.17) is 9.78 Å². The summed E-state index contributed by atoms with van der Waals surface area (Å²) in [6.45, 7) is 8.27. The molecule has 16 heavy (non-hydrogen) atoms. The van der Waals surface area contributed by atoms with E-state index in [0.29, 0.717) is 12.2 Å². The highest BCUT2D eigenvalue weighted by Crippen LogP contribution is 2.14. The maximum absolute atomic E-state index is 11.6. The van der Waals surface area contributed by atoms with Crippen molar-refractivity contribution in [1.29, 1.82) is 0 Å². The Labute approximate surface area is 96.3 Å². The Morgan fingerprint density at radius 2 is 1.88 bits per heavy atom. The fraction of sp³-hybridized carbons (Fsp3) is 0.462. The average Bonchev–Trinajstić information content (AvgIpc) is 2.16. The third kappa shape index (κ3) is 4.03. The van der Waals surface area contributed by atoms with Crippen molar-refractivity contribution in [2.24, 2.45) is 5.41 Å². The van der Waals surface area contributed by atoms with Gasteiger partial charge in [0, 0.05) is 0 Å². The number of rotatable bonds is 3. The predicted octanol–water partition coefficient (Wildman–Crippen LogP) is 3.13. The topological polar surface area (TPSA) is 35.5 Å². The van der Waals surface area contributed by atoms with E-state index in [1.54, 1.807) is 12.1 Å². The number of carbonyl (C=O) groups is 1. The lowest BCUT2D eigenvalue weighted by atomic mass is 9.99. The van der Waals surface area contributed by atoms with Crippen LogP contribution in [0, 0.1) is 12.3 Å². The van der Waals surface area contributed by atoms with Crippen LogP contribution in [0.3, 0.4) is 0 Å². The van der Waals surface area contributed by atoms with E-state index in [9.17, 15) is 4.79 Å². The van der Waals surface area contributed by atoms with Crippen molar-refractivity contribution in [3.05, 3.63) is 35.4 Å². The van der Waals surface area contributed by atoms with Crippen LogP contribution in [-0.4, -0.2) is 12.6 Å². The molecule has 88 valence electrons. The average molecular weight is 222 g/mol. The molecule has 0 saturated carbocycles. The fourth-order valence-electron chi connectivity index (χ4n) is 1.11. The predicted molar refractivity (Wildman–Crippen MR) is 62.0 cm³/mol. The van der Waals surface area contributed by atoms with Crippen molar-refractivity contribution in [2.45, 2.75) is 27.7 Å². The molecule has 1 aromatic carbocycles. The summed E-state index contributed by atoms with van der Waals surface area (Å²) in [4.78, 5) is 21.3. The van der Waals surface area contributed by atoms with E-state index < -0.39 is 5.97 Å². The van der Waals surface area contributed by atoms with Gasteiger partial charge in [-0.3, -0.25) is 4.89 Å². The van der Waals surface area contributed by atoms with E-state index in [2.05, 4.69) is 0 Å². The summed E-state index contributed by atoms with van der Waals surface area (Å²) in [7, 11) is 0. The molecule has 0 amide bonds. The second-order valence-electron chi connectivity index (χ2n) is 5.01. The van der Waals surface area contributed by atoms with Gasteiger partial charge >= 0.3 is 5.97 Å². The summed E-state index contributed by atoms with van der Waals surface area (Å²) in [5, 5.41) is 0. The smallest absolute Gasteiger partial charge is 0.293 e. The molecule has 0 fully saturated rings. The highest BCUT2D eigenvalue weighted by atomic mass is 17.2. The van der Waals surface area contributed by atoms with Crippen molar-refractivity contribution in [3.8, 4) is 0 Å². The van der Waals surface area contributed by atoms with Crippen molar-refractivity contribution in [2.75, 3.05) is 6.61 Å². The molecular weight excluding hydrogens is 204 g/mol. The molecule has 0 aliphatic carbocycles. The van der Waals surface area contributed by atoms with E-state index in [1.165, 1.54) is 0 Å². The molecule has 0 unspecified atom stereocenters. The highest BCUT2D eigenvalue weighted by molar-refractivity contribution is 5.90. The molecule has 3 heteroatoms. The summed E-state index contributed by atoms with van der Waals surface area (Å²) in [6.07, 6.45) is 0. The summed E-state index contributed by atoms with van der Waals surface area (Å²) in [5.41, 5.74) is 1.40. The Hall–Kier alpha value is -1.35. The van der Waals surface area contributed by atoms with Crippen LogP contribution in [0.15, 0.2) is 24.3 Å². The first-order valence-corrected chi connectivity index (χ1v) is 5.29. The van der Waals surface area contributed by atoms with Gasteiger partial charge in [-0.25, -0.2) is 4.79 Å². The number of hydrogen-bond donors (Lipinski definition) is 0. The van der Waals surface area contributed by atoms with Crippen LogP contribution >= 0.6 is 0 Å². The molecule has 0 spiro atoms. The molecule has 0 aliphatic heterocycles. The summed E-state index contributed by atoms with van der Waals surface area (Å²) in [5.74, 6) is -0.442. The van der Waals surface area contributed by atoms with Crippen LogP contribution in [0.5, 0.6) is 0 Å². The minimum absolute atomic E-state index is 0.0218. The van der Waals surface area contributed by atoms with Gasteiger partial charge in [0.25, 0.3) is 0 Å². The zero-order chi connectivity index (χ0) is 12.2. The molecule has 3 nitrogen and oxygen atoms in total. The molecule has 0 heterocycles. The minimum Gasteiger partial charge on any atom is -0.293 e. The van der Waals surface area contributed by atoms with Crippen molar-refractivity contribution >= 4 is 5.97 Å². The molecule has 0 radical (unpaired) electrons. The van der Waals surface area contributed by atoms with Crippen LogP contribution in [0.4, 0.5) is 0 Å². The van der Waals surface area contributed by atoms with Crippen LogP contribution in [0.2, 0.25) is 0 Å². The van der Waals surface area contributed by atoms with Gasteiger partial charge in [-0.1, -0.05) is 39.0 Å². The Morgan fingerprint density at radius 3 is 2.44 bits per heavy atom. The monoisotopic (exact) mass is 222 g/mol. The lowest BCUT2D eigenvalue weighted by Crippen LogP contribution is -2.17. The molecule has 0 aliphatic rings. The Kier molecular flexibility index (Phi) is 4.07. The second-order valence-corrected chi connectivity index (χ2v) is 5.01. The van der Waals surface area contributed by atoms with Gasteiger partial charge in [0.05, 0.1) is 12.2 Å². The third-order valence-electron chi connectivity index (χ3n) is 1.99. The Bertz CT molecular complexity index is 364. The zero-order valence-electron chi connectivity index (χ0n) is 10.2. The Balaban J connectivity index is 2.51. The van der Waals surface area contributed by atoms with Crippen molar-refractivity contribution in [1.82, 2.24) is 0 Å². The molecule has 1 aromatic rings. The van der Waals surface area contributed by atoms with Gasteiger partial charge in [0.1, 0.15) is 0 Å². The fourth-order valence-corrected chi connectivity index (χ4v) is 1.11. The molecular formula is C13H18O3. The summed E-state index contributed by atoms with van der Waals surface area (Å²) in [6, 6.07) is 7.26. The maximum atomic E-state index is 11.6. The standard InChI is InChI=1S/C13H18O3/c1-10-7-5-6-8-11(10)12(14)16-15-9-13(2,3)4/h5-8H,9H2,1-4H3. The van der Waals surface area contributed by atoms with E-state index >= 15 is 0 Å².